The average molecular weight is 262 g/mol. The Balaban J connectivity index is 2.25. The summed E-state index contributed by atoms with van der Waals surface area (Å²) in [5.74, 6) is 0.303. The molecule has 0 saturated heterocycles. The molecular weight excluding hydrogens is 250 g/mol. The molecule has 92 valence electrons. The van der Waals surface area contributed by atoms with E-state index in [1.807, 2.05) is 19.1 Å². The van der Waals surface area contributed by atoms with Gasteiger partial charge in [0, 0.05) is 17.5 Å². The van der Waals surface area contributed by atoms with Gasteiger partial charge in [-0.05, 0) is 37.6 Å². The maximum atomic E-state index is 12.0. The fraction of sp³-hybridized carbons (Fsp3) is 0.154. The van der Waals surface area contributed by atoms with Gasteiger partial charge < -0.3 is 5.32 Å². The van der Waals surface area contributed by atoms with Crippen LogP contribution in [0.1, 0.15) is 21.6 Å². The fourth-order valence-electron chi connectivity index (χ4n) is 1.56. The van der Waals surface area contributed by atoms with Gasteiger partial charge in [0.25, 0.3) is 5.91 Å². The predicted molar refractivity (Wildman–Crippen MR) is 70.9 cm³/mol. The Morgan fingerprint density at radius 1 is 1.33 bits per heavy atom. The summed E-state index contributed by atoms with van der Waals surface area (Å²) in [6, 6.07) is 6.91. The van der Waals surface area contributed by atoms with Crippen LogP contribution in [0.2, 0.25) is 5.15 Å². The second kappa shape index (κ2) is 5.14. The summed E-state index contributed by atoms with van der Waals surface area (Å²) >= 11 is 5.82. The largest absolute Gasteiger partial charge is 0.306 e. The van der Waals surface area contributed by atoms with Gasteiger partial charge in [0.1, 0.15) is 11.0 Å². The molecule has 0 atom stereocenters. The summed E-state index contributed by atoms with van der Waals surface area (Å²) in [5, 5.41) is 3.05. The lowest BCUT2D eigenvalue weighted by Crippen LogP contribution is -2.14. The molecular formula is C13H12ClN3O. The lowest BCUT2D eigenvalue weighted by molar-refractivity contribution is 0.102. The van der Waals surface area contributed by atoms with Crippen molar-refractivity contribution in [2.24, 2.45) is 0 Å². The fourth-order valence-corrected chi connectivity index (χ4v) is 1.81. The quantitative estimate of drug-likeness (QED) is 0.846. The highest BCUT2D eigenvalue weighted by atomic mass is 35.5. The third kappa shape index (κ3) is 2.84. The number of aryl methyl sites for hydroxylation is 2. The van der Waals surface area contributed by atoms with Crippen LogP contribution in [-0.2, 0) is 0 Å². The molecule has 1 amide bonds. The normalized spacial score (nSPS) is 10.2. The van der Waals surface area contributed by atoms with Crippen molar-refractivity contribution in [3.8, 4) is 0 Å². The molecule has 18 heavy (non-hydrogen) atoms. The molecule has 2 heterocycles. The third-order valence-corrected chi connectivity index (χ3v) is 2.62. The van der Waals surface area contributed by atoms with Gasteiger partial charge in [0.05, 0.1) is 0 Å². The number of carbonyl (C=O) groups is 1. The van der Waals surface area contributed by atoms with Crippen molar-refractivity contribution in [3.63, 3.8) is 0 Å². The van der Waals surface area contributed by atoms with Gasteiger partial charge >= 0.3 is 0 Å². The first kappa shape index (κ1) is 12.5. The van der Waals surface area contributed by atoms with Crippen molar-refractivity contribution < 1.29 is 4.79 Å². The van der Waals surface area contributed by atoms with E-state index in [-0.39, 0.29) is 5.91 Å². The smallest absolute Gasteiger partial charge is 0.256 e. The molecule has 1 N–H and O–H groups in total. The highest BCUT2D eigenvalue weighted by Crippen LogP contribution is 2.14. The summed E-state index contributed by atoms with van der Waals surface area (Å²) < 4.78 is 0. The molecule has 0 fully saturated rings. The number of amides is 1. The number of rotatable bonds is 2. The molecule has 0 aromatic carbocycles. The second-order valence-electron chi connectivity index (χ2n) is 3.94. The van der Waals surface area contributed by atoms with Gasteiger partial charge in [-0.15, -0.1) is 0 Å². The molecule has 5 heteroatoms. The summed E-state index contributed by atoms with van der Waals surface area (Å²) in [5.41, 5.74) is 2.07. The van der Waals surface area contributed by atoms with Crippen molar-refractivity contribution in [1.29, 1.82) is 0 Å². The van der Waals surface area contributed by atoms with E-state index in [1.165, 1.54) is 6.07 Å². The van der Waals surface area contributed by atoms with E-state index in [4.69, 9.17) is 11.6 Å². The van der Waals surface area contributed by atoms with Crippen LogP contribution in [-0.4, -0.2) is 15.9 Å². The minimum absolute atomic E-state index is 0.246. The van der Waals surface area contributed by atoms with Crippen LogP contribution in [0.15, 0.2) is 30.5 Å². The predicted octanol–water partition coefficient (Wildman–Crippen LogP) is 3.00. The van der Waals surface area contributed by atoms with Gasteiger partial charge in [-0.25, -0.2) is 9.97 Å². The van der Waals surface area contributed by atoms with Crippen LogP contribution in [0.25, 0.3) is 0 Å². The van der Waals surface area contributed by atoms with Gasteiger partial charge in [-0.3, -0.25) is 4.79 Å². The Bertz CT molecular complexity index is 578. The minimum Gasteiger partial charge on any atom is -0.306 e. The Morgan fingerprint density at radius 3 is 2.78 bits per heavy atom. The standard InChI is InChI=1S/C13H12ClN3O/c1-8-4-3-5-15-12(8)17-13(18)10-6-9(2)16-11(14)7-10/h3-7H,1-2H3,(H,15,17,18). The monoisotopic (exact) mass is 261 g/mol. The van der Waals surface area contributed by atoms with Gasteiger partial charge in [0.2, 0.25) is 0 Å². The molecule has 2 aromatic heterocycles. The zero-order chi connectivity index (χ0) is 13.1. The van der Waals surface area contributed by atoms with E-state index in [0.29, 0.717) is 22.2 Å². The van der Waals surface area contributed by atoms with Crippen molar-refractivity contribution in [2.45, 2.75) is 13.8 Å². The van der Waals surface area contributed by atoms with Crippen LogP contribution >= 0.6 is 11.6 Å². The molecule has 4 nitrogen and oxygen atoms in total. The number of nitrogens with zero attached hydrogens (tertiary/aromatic N) is 2. The van der Waals surface area contributed by atoms with Crippen LogP contribution in [0.3, 0.4) is 0 Å². The molecule has 0 unspecified atom stereocenters. The van der Waals surface area contributed by atoms with E-state index in [1.54, 1.807) is 19.2 Å². The molecule has 0 saturated carbocycles. The Morgan fingerprint density at radius 2 is 2.11 bits per heavy atom. The van der Waals surface area contributed by atoms with Crippen LogP contribution < -0.4 is 5.32 Å². The maximum absolute atomic E-state index is 12.0. The second-order valence-corrected chi connectivity index (χ2v) is 4.33. The van der Waals surface area contributed by atoms with Gasteiger partial charge in [-0.2, -0.15) is 0 Å². The van der Waals surface area contributed by atoms with Crippen molar-refractivity contribution in [3.05, 3.63) is 52.4 Å². The number of halogens is 1. The van der Waals surface area contributed by atoms with Crippen LogP contribution in [0.5, 0.6) is 0 Å². The number of hydrogen-bond acceptors (Lipinski definition) is 3. The third-order valence-electron chi connectivity index (χ3n) is 2.43. The molecule has 0 aliphatic carbocycles. The Labute approximate surface area is 110 Å². The number of nitrogens with one attached hydrogen (secondary N) is 1. The first-order chi connectivity index (χ1) is 8.56. The van der Waals surface area contributed by atoms with E-state index in [2.05, 4.69) is 15.3 Å². The molecule has 2 rings (SSSR count). The lowest BCUT2D eigenvalue weighted by Gasteiger charge is -2.07. The molecule has 0 radical (unpaired) electrons. The van der Waals surface area contributed by atoms with E-state index >= 15 is 0 Å². The van der Waals surface area contributed by atoms with Crippen LogP contribution in [0, 0.1) is 13.8 Å². The summed E-state index contributed by atoms with van der Waals surface area (Å²) in [4.78, 5) is 20.2. The Kier molecular flexibility index (Phi) is 3.58. The van der Waals surface area contributed by atoms with E-state index < -0.39 is 0 Å². The van der Waals surface area contributed by atoms with Gasteiger partial charge in [-0.1, -0.05) is 17.7 Å². The summed E-state index contributed by atoms with van der Waals surface area (Å²) in [7, 11) is 0. The van der Waals surface area contributed by atoms with Gasteiger partial charge in [0.15, 0.2) is 0 Å². The van der Waals surface area contributed by atoms with E-state index in [0.717, 1.165) is 5.56 Å². The first-order valence-corrected chi connectivity index (χ1v) is 5.81. The molecule has 0 aliphatic rings. The minimum atomic E-state index is -0.246. The van der Waals surface area contributed by atoms with E-state index in [9.17, 15) is 4.79 Å². The highest BCUT2D eigenvalue weighted by molar-refractivity contribution is 6.29. The zero-order valence-corrected chi connectivity index (χ0v) is 10.8. The average Bonchev–Trinajstić information content (AvgIpc) is 2.31. The molecule has 2 aromatic rings. The highest BCUT2D eigenvalue weighted by Gasteiger charge is 2.10. The number of hydrogen-bond donors (Lipinski definition) is 1. The molecule has 0 bridgehead atoms. The number of aromatic nitrogens is 2. The Hall–Kier alpha value is -1.94. The lowest BCUT2D eigenvalue weighted by atomic mass is 10.2. The summed E-state index contributed by atoms with van der Waals surface area (Å²) in [6.45, 7) is 3.67. The zero-order valence-electron chi connectivity index (χ0n) is 10.1. The van der Waals surface area contributed by atoms with Crippen molar-refractivity contribution in [2.75, 3.05) is 5.32 Å². The van der Waals surface area contributed by atoms with Crippen LogP contribution in [0.4, 0.5) is 5.82 Å². The maximum Gasteiger partial charge on any atom is 0.256 e. The SMILES string of the molecule is Cc1cc(C(=O)Nc2ncccc2C)cc(Cl)n1. The molecule has 0 aliphatic heterocycles. The molecule has 0 spiro atoms. The summed E-state index contributed by atoms with van der Waals surface area (Å²) in [6.07, 6.45) is 1.63. The number of pyridine rings is 2. The first-order valence-electron chi connectivity index (χ1n) is 5.43. The van der Waals surface area contributed by atoms with Crippen molar-refractivity contribution >= 4 is 23.3 Å². The topological polar surface area (TPSA) is 54.9 Å². The van der Waals surface area contributed by atoms with Crippen molar-refractivity contribution in [1.82, 2.24) is 9.97 Å². The number of anilines is 1. The number of carbonyl (C=O) groups excluding carboxylic acids is 1.